The molecule has 0 unspecified atom stereocenters. The molecule has 1 aromatic carbocycles. The number of anilines is 1. The number of halogens is 1. The average Bonchev–Trinajstić information content (AvgIpc) is 2.78. The predicted molar refractivity (Wildman–Crippen MR) is 66.3 cm³/mol. The zero-order valence-electron chi connectivity index (χ0n) is 8.85. The second-order valence-corrected chi connectivity index (χ2v) is 3.75. The maximum absolute atomic E-state index is 5.16. The molecule has 1 aromatic heterocycles. The summed E-state index contributed by atoms with van der Waals surface area (Å²) in [6.07, 6.45) is 1.80. The maximum atomic E-state index is 5.16. The molecule has 1 saturated heterocycles. The van der Waals surface area contributed by atoms with Crippen LogP contribution in [0, 0.1) is 0 Å². The molecular formula is C11H14ClN3O. The van der Waals surface area contributed by atoms with Crippen LogP contribution in [-0.2, 0) is 0 Å². The van der Waals surface area contributed by atoms with Crippen molar-refractivity contribution < 1.29 is 4.52 Å². The first-order valence-electron chi connectivity index (χ1n) is 5.24. The number of rotatable bonds is 1. The zero-order valence-corrected chi connectivity index (χ0v) is 9.67. The molecule has 86 valence electrons. The number of hydrogen-bond donors (Lipinski definition) is 1. The molecule has 0 saturated carbocycles. The average molecular weight is 240 g/mol. The summed E-state index contributed by atoms with van der Waals surface area (Å²) in [5.41, 5.74) is 2.10. The van der Waals surface area contributed by atoms with Crippen molar-refractivity contribution in [2.45, 2.75) is 0 Å². The fourth-order valence-corrected chi connectivity index (χ4v) is 2.06. The first-order valence-corrected chi connectivity index (χ1v) is 5.24. The van der Waals surface area contributed by atoms with E-state index in [1.54, 1.807) is 6.20 Å². The summed E-state index contributed by atoms with van der Waals surface area (Å²) in [7, 11) is 0. The van der Waals surface area contributed by atoms with E-state index in [1.165, 1.54) is 5.69 Å². The Morgan fingerprint density at radius 1 is 1.25 bits per heavy atom. The van der Waals surface area contributed by atoms with E-state index in [4.69, 9.17) is 4.52 Å². The second-order valence-electron chi connectivity index (χ2n) is 3.75. The Balaban J connectivity index is 0.000000963. The predicted octanol–water partition coefficient (Wildman–Crippen LogP) is 1.66. The van der Waals surface area contributed by atoms with E-state index >= 15 is 0 Å². The summed E-state index contributed by atoms with van der Waals surface area (Å²) in [5, 5.41) is 8.30. The van der Waals surface area contributed by atoms with E-state index in [0.717, 1.165) is 37.1 Å². The largest absolute Gasteiger partial charge is 0.368 e. The molecule has 1 aliphatic heterocycles. The summed E-state index contributed by atoms with van der Waals surface area (Å²) in [6, 6.07) is 6.10. The molecule has 0 bridgehead atoms. The molecule has 3 rings (SSSR count). The molecule has 1 N–H and O–H groups in total. The Morgan fingerprint density at radius 3 is 2.88 bits per heavy atom. The van der Waals surface area contributed by atoms with E-state index in [9.17, 15) is 0 Å². The SMILES string of the molecule is Cl.c1cc(N2CCNCC2)c2cnoc2c1. The minimum atomic E-state index is 0. The van der Waals surface area contributed by atoms with Crippen LogP contribution in [0.25, 0.3) is 11.0 Å². The van der Waals surface area contributed by atoms with Crippen LogP contribution in [0.3, 0.4) is 0 Å². The molecule has 0 spiro atoms. The van der Waals surface area contributed by atoms with Crippen molar-refractivity contribution in [3.63, 3.8) is 0 Å². The van der Waals surface area contributed by atoms with Crippen LogP contribution in [0.4, 0.5) is 5.69 Å². The Labute approximate surface area is 100.0 Å². The highest BCUT2D eigenvalue weighted by molar-refractivity contribution is 5.90. The lowest BCUT2D eigenvalue weighted by atomic mass is 10.2. The van der Waals surface area contributed by atoms with Gasteiger partial charge in [0.2, 0.25) is 0 Å². The van der Waals surface area contributed by atoms with Crippen LogP contribution < -0.4 is 10.2 Å². The van der Waals surface area contributed by atoms with Gasteiger partial charge in [0.15, 0.2) is 5.58 Å². The van der Waals surface area contributed by atoms with Gasteiger partial charge in [-0.05, 0) is 12.1 Å². The van der Waals surface area contributed by atoms with E-state index in [1.807, 2.05) is 12.1 Å². The van der Waals surface area contributed by atoms with Crippen LogP contribution >= 0.6 is 12.4 Å². The number of piperazine rings is 1. The van der Waals surface area contributed by atoms with Gasteiger partial charge in [-0.25, -0.2) is 0 Å². The molecular weight excluding hydrogens is 226 g/mol. The van der Waals surface area contributed by atoms with E-state index in [2.05, 4.69) is 21.4 Å². The smallest absolute Gasteiger partial charge is 0.168 e. The lowest BCUT2D eigenvalue weighted by Gasteiger charge is -2.29. The number of nitrogens with zero attached hydrogens (tertiary/aromatic N) is 2. The topological polar surface area (TPSA) is 41.3 Å². The van der Waals surface area contributed by atoms with Gasteiger partial charge in [0, 0.05) is 31.9 Å². The van der Waals surface area contributed by atoms with Gasteiger partial charge in [0.25, 0.3) is 0 Å². The second kappa shape index (κ2) is 4.72. The molecule has 0 atom stereocenters. The normalized spacial score (nSPS) is 16.1. The van der Waals surface area contributed by atoms with Crippen molar-refractivity contribution in [1.29, 1.82) is 0 Å². The van der Waals surface area contributed by atoms with Crippen molar-refractivity contribution >= 4 is 29.1 Å². The van der Waals surface area contributed by atoms with Gasteiger partial charge in [-0.2, -0.15) is 0 Å². The standard InChI is InChI=1S/C11H13N3O.ClH/c1-2-10(14-6-4-12-5-7-14)9-8-13-15-11(9)3-1;/h1-3,8,12H,4-7H2;1H. The lowest BCUT2D eigenvalue weighted by molar-refractivity contribution is 0.456. The van der Waals surface area contributed by atoms with Gasteiger partial charge in [0.05, 0.1) is 11.6 Å². The Morgan fingerprint density at radius 2 is 2.06 bits per heavy atom. The minimum Gasteiger partial charge on any atom is -0.368 e. The van der Waals surface area contributed by atoms with Crippen LogP contribution in [0.5, 0.6) is 0 Å². The van der Waals surface area contributed by atoms with Gasteiger partial charge in [-0.15, -0.1) is 12.4 Å². The summed E-state index contributed by atoms with van der Waals surface area (Å²) in [5.74, 6) is 0. The molecule has 1 aliphatic rings. The van der Waals surface area contributed by atoms with Crippen molar-refractivity contribution in [2.24, 2.45) is 0 Å². The number of hydrogen-bond acceptors (Lipinski definition) is 4. The molecule has 0 radical (unpaired) electrons. The minimum absolute atomic E-state index is 0. The Kier molecular flexibility index (Phi) is 3.31. The third-order valence-corrected chi connectivity index (χ3v) is 2.83. The fraction of sp³-hybridized carbons (Fsp3) is 0.364. The van der Waals surface area contributed by atoms with Gasteiger partial charge < -0.3 is 14.7 Å². The van der Waals surface area contributed by atoms with Gasteiger partial charge in [0.1, 0.15) is 0 Å². The van der Waals surface area contributed by atoms with E-state index < -0.39 is 0 Å². The molecule has 0 aliphatic carbocycles. The third kappa shape index (κ3) is 1.86. The van der Waals surface area contributed by atoms with Crippen molar-refractivity contribution in [1.82, 2.24) is 10.5 Å². The van der Waals surface area contributed by atoms with Gasteiger partial charge >= 0.3 is 0 Å². The summed E-state index contributed by atoms with van der Waals surface area (Å²) in [4.78, 5) is 2.37. The van der Waals surface area contributed by atoms with Gasteiger partial charge in [-0.1, -0.05) is 11.2 Å². The lowest BCUT2D eigenvalue weighted by Crippen LogP contribution is -2.43. The molecule has 4 nitrogen and oxygen atoms in total. The highest BCUT2D eigenvalue weighted by atomic mass is 35.5. The zero-order chi connectivity index (χ0) is 10.1. The highest BCUT2D eigenvalue weighted by Crippen LogP contribution is 2.26. The first-order chi connectivity index (χ1) is 7.45. The van der Waals surface area contributed by atoms with Crippen molar-refractivity contribution in [3.8, 4) is 0 Å². The van der Waals surface area contributed by atoms with Crippen molar-refractivity contribution in [2.75, 3.05) is 31.1 Å². The number of aromatic nitrogens is 1. The number of benzene rings is 1. The van der Waals surface area contributed by atoms with Crippen molar-refractivity contribution in [3.05, 3.63) is 24.4 Å². The van der Waals surface area contributed by atoms with Crippen LogP contribution in [0.1, 0.15) is 0 Å². The van der Waals surface area contributed by atoms with E-state index in [0.29, 0.717) is 0 Å². The third-order valence-electron chi connectivity index (χ3n) is 2.83. The Bertz CT molecular complexity index is 465. The summed E-state index contributed by atoms with van der Waals surface area (Å²) >= 11 is 0. The summed E-state index contributed by atoms with van der Waals surface area (Å²) < 4.78 is 5.16. The molecule has 2 aromatic rings. The van der Waals surface area contributed by atoms with Gasteiger partial charge in [-0.3, -0.25) is 0 Å². The Hall–Kier alpha value is -1.26. The molecule has 5 heteroatoms. The molecule has 1 fully saturated rings. The van der Waals surface area contributed by atoms with Crippen LogP contribution in [-0.4, -0.2) is 31.3 Å². The van der Waals surface area contributed by atoms with E-state index in [-0.39, 0.29) is 12.4 Å². The quantitative estimate of drug-likeness (QED) is 0.822. The monoisotopic (exact) mass is 239 g/mol. The first kappa shape index (κ1) is 11.2. The maximum Gasteiger partial charge on any atom is 0.168 e. The molecule has 2 heterocycles. The highest BCUT2D eigenvalue weighted by Gasteiger charge is 2.14. The van der Waals surface area contributed by atoms with Crippen LogP contribution in [0.15, 0.2) is 28.9 Å². The molecule has 0 amide bonds. The number of fused-ring (bicyclic) bond motifs is 1. The molecule has 16 heavy (non-hydrogen) atoms. The van der Waals surface area contributed by atoms with Crippen LogP contribution in [0.2, 0.25) is 0 Å². The number of nitrogens with one attached hydrogen (secondary N) is 1. The fourth-order valence-electron chi connectivity index (χ4n) is 2.06. The summed E-state index contributed by atoms with van der Waals surface area (Å²) in [6.45, 7) is 4.18.